The average Bonchev–Trinajstić information content (AvgIpc) is 2.84. The van der Waals surface area contributed by atoms with E-state index < -0.39 is 4.92 Å². The lowest BCUT2D eigenvalue weighted by Crippen LogP contribution is -2.24. The molecule has 0 N–H and O–H groups in total. The molecule has 1 atom stereocenters. The van der Waals surface area contributed by atoms with Crippen molar-refractivity contribution in [3.05, 3.63) is 29.9 Å². The van der Waals surface area contributed by atoms with E-state index in [1.54, 1.807) is 6.07 Å². The fourth-order valence-corrected chi connectivity index (χ4v) is 4.05. The Morgan fingerprint density at radius 1 is 1.42 bits per heavy atom. The number of rotatable bonds is 5. The van der Waals surface area contributed by atoms with E-state index in [-0.39, 0.29) is 12.0 Å². The van der Waals surface area contributed by atoms with E-state index in [0.717, 1.165) is 25.9 Å². The monoisotopic (exact) mass is 525 g/mol. The zero-order valence-electron chi connectivity index (χ0n) is 12.5. The summed E-state index contributed by atoms with van der Waals surface area (Å²) in [5.74, 6) is 0. The molecule has 24 heavy (non-hydrogen) atoms. The zero-order chi connectivity index (χ0) is 17.3. The van der Waals surface area contributed by atoms with Crippen molar-refractivity contribution in [2.45, 2.75) is 32.1 Å². The van der Waals surface area contributed by atoms with Gasteiger partial charge in [-0.2, -0.15) is 0 Å². The van der Waals surface area contributed by atoms with Crippen LogP contribution < -0.4 is 0 Å². The van der Waals surface area contributed by atoms with Crippen molar-refractivity contribution >= 4 is 64.5 Å². The lowest BCUT2D eigenvalue weighted by molar-refractivity contribution is -0.384. The summed E-state index contributed by atoms with van der Waals surface area (Å²) in [4.78, 5) is 15.2. The third-order valence-corrected chi connectivity index (χ3v) is 6.37. The first-order valence-corrected chi connectivity index (χ1v) is 9.78. The van der Waals surface area contributed by atoms with E-state index in [0.29, 0.717) is 37.9 Å². The van der Waals surface area contributed by atoms with Crippen molar-refractivity contribution in [1.29, 1.82) is 0 Å². The minimum absolute atomic E-state index is 0.0599. The summed E-state index contributed by atoms with van der Waals surface area (Å²) in [5.41, 5.74) is 0.933. The van der Waals surface area contributed by atoms with Crippen molar-refractivity contribution in [2.75, 3.05) is 13.2 Å². The highest BCUT2D eigenvalue weighted by atomic mass is 79.9. The number of aromatic nitrogens is 2. The molecule has 10 heteroatoms. The summed E-state index contributed by atoms with van der Waals surface area (Å²) in [7, 11) is 0. The van der Waals surface area contributed by atoms with E-state index in [2.05, 4.69) is 52.8 Å². The minimum atomic E-state index is -0.437. The molecule has 0 saturated carbocycles. The summed E-state index contributed by atoms with van der Waals surface area (Å²) in [5, 5.41) is 11.4. The number of hydrogen-bond donors (Lipinski definition) is 0. The predicted molar refractivity (Wildman–Crippen MR) is 99.0 cm³/mol. The molecule has 7 nitrogen and oxygen atoms in total. The molecular weight excluding hydrogens is 514 g/mol. The van der Waals surface area contributed by atoms with Crippen LogP contribution >= 0.6 is 47.8 Å². The zero-order valence-corrected chi connectivity index (χ0v) is 17.3. The smallest absolute Gasteiger partial charge is 0.312 e. The van der Waals surface area contributed by atoms with Gasteiger partial charge >= 0.3 is 5.69 Å². The van der Waals surface area contributed by atoms with Gasteiger partial charge in [-0.25, -0.2) is 4.98 Å². The maximum absolute atomic E-state index is 11.4. The molecule has 0 radical (unpaired) electrons. The molecule has 1 aliphatic heterocycles. The minimum Gasteiger partial charge on any atom is -0.353 e. The normalized spacial score (nSPS) is 18.2. The fraction of sp³-hybridized carbons (Fsp3) is 0.500. The first kappa shape index (κ1) is 18.2. The van der Waals surface area contributed by atoms with Gasteiger partial charge in [0.1, 0.15) is 4.47 Å². The Hall–Kier alpha value is -0.550. The van der Waals surface area contributed by atoms with Crippen molar-refractivity contribution in [3.63, 3.8) is 0 Å². The van der Waals surface area contributed by atoms with Crippen LogP contribution in [0.3, 0.4) is 0 Å². The van der Waals surface area contributed by atoms with Crippen LogP contribution in [0.1, 0.15) is 19.3 Å². The second-order valence-electron chi connectivity index (χ2n) is 5.35. The van der Waals surface area contributed by atoms with Crippen molar-refractivity contribution in [2.24, 2.45) is 0 Å². The van der Waals surface area contributed by atoms with Crippen molar-refractivity contribution in [3.8, 4) is 0 Å². The molecule has 0 spiro atoms. The van der Waals surface area contributed by atoms with Gasteiger partial charge in [-0.15, -0.1) is 0 Å². The predicted octanol–water partition coefficient (Wildman–Crippen LogP) is 4.78. The third kappa shape index (κ3) is 3.67. The number of halogens is 3. The van der Waals surface area contributed by atoms with Gasteiger partial charge in [-0.05, 0) is 73.1 Å². The lowest BCUT2D eigenvalue weighted by Gasteiger charge is -2.22. The largest absolute Gasteiger partial charge is 0.353 e. The molecule has 1 fully saturated rings. The highest BCUT2D eigenvalue weighted by Gasteiger charge is 2.25. The molecule has 3 rings (SSSR count). The molecule has 0 amide bonds. The van der Waals surface area contributed by atoms with Crippen LogP contribution in [0.25, 0.3) is 11.0 Å². The standard InChI is InChI=1S/C14H14Br3N3O4/c15-8-7-9-12(13(11(8)16)20(21)22)18-14(17)19(9)4-6-24-10-3-1-2-5-23-10/h7,10H,1-6H2. The maximum atomic E-state index is 11.4. The third-order valence-electron chi connectivity index (χ3n) is 3.80. The number of fused-ring (bicyclic) bond motifs is 1. The Kier molecular flexibility index (Phi) is 5.91. The van der Waals surface area contributed by atoms with Crippen molar-refractivity contribution in [1.82, 2.24) is 9.55 Å². The summed E-state index contributed by atoms with van der Waals surface area (Å²) < 4.78 is 14.6. The van der Waals surface area contributed by atoms with Gasteiger partial charge in [0.25, 0.3) is 0 Å². The fourth-order valence-electron chi connectivity index (χ4n) is 2.66. The molecule has 1 aromatic carbocycles. The maximum Gasteiger partial charge on any atom is 0.312 e. The van der Waals surface area contributed by atoms with Crippen LogP contribution in [0.4, 0.5) is 5.69 Å². The number of imidazole rings is 1. The Bertz CT molecular complexity index is 774. The first-order valence-electron chi connectivity index (χ1n) is 7.40. The molecule has 1 aromatic heterocycles. The average molecular weight is 528 g/mol. The van der Waals surface area contributed by atoms with E-state index >= 15 is 0 Å². The molecule has 130 valence electrons. The molecular formula is C14H14Br3N3O4. The van der Waals surface area contributed by atoms with Crippen LogP contribution in [0.2, 0.25) is 0 Å². The second-order valence-corrected chi connectivity index (χ2v) is 7.70. The van der Waals surface area contributed by atoms with Gasteiger partial charge in [-0.1, -0.05) is 0 Å². The summed E-state index contributed by atoms with van der Waals surface area (Å²) >= 11 is 9.98. The Balaban J connectivity index is 1.85. The van der Waals surface area contributed by atoms with Gasteiger partial charge in [0.05, 0.1) is 17.0 Å². The highest BCUT2D eigenvalue weighted by Crippen LogP contribution is 2.39. The van der Waals surface area contributed by atoms with Crippen molar-refractivity contribution < 1.29 is 14.4 Å². The highest BCUT2D eigenvalue weighted by molar-refractivity contribution is 9.13. The van der Waals surface area contributed by atoms with Gasteiger partial charge < -0.3 is 14.0 Å². The topological polar surface area (TPSA) is 79.4 Å². The molecule has 1 unspecified atom stereocenters. The summed E-state index contributed by atoms with van der Waals surface area (Å²) in [6.07, 6.45) is 2.91. The van der Waals surface area contributed by atoms with E-state index in [9.17, 15) is 10.1 Å². The Morgan fingerprint density at radius 3 is 2.88 bits per heavy atom. The number of nitro groups is 1. The van der Waals surface area contributed by atoms with Crippen LogP contribution in [0, 0.1) is 10.1 Å². The Morgan fingerprint density at radius 2 is 2.21 bits per heavy atom. The number of nitrogens with zero attached hydrogens (tertiary/aromatic N) is 3. The first-order chi connectivity index (χ1) is 11.5. The molecule has 2 heterocycles. The summed E-state index contributed by atoms with van der Waals surface area (Å²) in [6, 6.07) is 1.81. The number of hydrogen-bond acceptors (Lipinski definition) is 5. The van der Waals surface area contributed by atoms with Crippen LogP contribution in [-0.2, 0) is 16.0 Å². The Labute approximate surface area is 163 Å². The number of benzene rings is 1. The van der Waals surface area contributed by atoms with Gasteiger partial charge in [-0.3, -0.25) is 10.1 Å². The lowest BCUT2D eigenvalue weighted by atomic mass is 10.2. The van der Waals surface area contributed by atoms with Gasteiger partial charge in [0, 0.05) is 17.6 Å². The van der Waals surface area contributed by atoms with E-state index in [4.69, 9.17) is 9.47 Å². The number of nitro benzene ring substituents is 1. The van der Waals surface area contributed by atoms with Crippen LogP contribution in [-0.4, -0.2) is 34.0 Å². The van der Waals surface area contributed by atoms with Crippen LogP contribution in [0.5, 0.6) is 0 Å². The van der Waals surface area contributed by atoms with E-state index in [1.807, 2.05) is 4.57 Å². The quantitative estimate of drug-likeness (QED) is 0.413. The van der Waals surface area contributed by atoms with Gasteiger partial charge in [0.2, 0.25) is 0 Å². The molecule has 0 bridgehead atoms. The molecule has 1 saturated heterocycles. The number of ether oxygens (including phenoxy) is 2. The SMILES string of the molecule is O=[N+]([O-])c1c(Br)c(Br)cc2c1nc(Br)n2CCOC1CCCCO1. The molecule has 1 aliphatic rings. The van der Waals surface area contributed by atoms with Gasteiger partial charge in [0.15, 0.2) is 16.5 Å². The van der Waals surface area contributed by atoms with E-state index in [1.165, 1.54) is 0 Å². The van der Waals surface area contributed by atoms with Crippen LogP contribution in [0.15, 0.2) is 19.7 Å². The summed E-state index contributed by atoms with van der Waals surface area (Å²) in [6.45, 7) is 1.69. The second kappa shape index (κ2) is 7.77. The molecule has 2 aromatic rings. The molecule has 0 aliphatic carbocycles.